The predicted molar refractivity (Wildman–Crippen MR) is 81.7 cm³/mol. The van der Waals surface area contributed by atoms with Crippen molar-refractivity contribution < 1.29 is 13.9 Å². The van der Waals surface area contributed by atoms with Gasteiger partial charge in [0.15, 0.2) is 11.6 Å². The second-order valence-corrected chi connectivity index (χ2v) is 6.09. The van der Waals surface area contributed by atoms with Crippen molar-refractivity contribution in [2.75, 3.05) is 27.2 Å². The zero-order valence-corrected chi connectivity index (χ0v) is 13.3. The number of amides is 1. The summed E-state index contributed by atoms with van der Waals surface area (Å²) < 4.78 is 18.4. The molecule has 0 aliphatic rings. The first-order chi connectivity index (χ1) is 9.79. The zero-order valence-electron chi connectivity index (χ0n) is 13.3. The highest BCUT2D eigenvalue weighted by Crippen LogP contribution is 2.19. The van der Waals surface area contributed by atoms with E-state index in [1.54, 1.807) is 24.1 Å². The molecule has 2 N–H and O–H groups in total. The van der Waals surface area contributed by atoms with Crippen LogP contribution in [-0.4, -0.2) is 38.1 Å². The summed E-state index contributed by atoms with van der Waals surface area (Å²) in [5.41, 5.74) is 6.36. The fourth-order valence-electron chi connectivity index (χ4n) is 2.10. The smallest absolute Gasteiger partial charge is 0.222 e. The van der Waals surface area contributed by atoms with Crippen molar-refractivity contribution in [1.29, 1.82) is 0 Å². The van der Waals surface area contributed by atoms with E-state index in [0.29, 0.717) is 25.9 Å². The van der Waals surface area contributed by atoms with Gasteiger partial charge in [0.05, 0.1) is 7.11 Å². The molecule has 0 heterocycles. The first-order valence-electron chi connectivity index (χ1n) is 7.05. The minimum Gasteiger partial charge on any atom is -0.494 e. The number of carbonyl (C=O) groups is 1. The molecule has 0 bridgehead atoms. The average molecular weight is 296 g/mol. The highest BCUT2D eigenvalue weighted by Gasteiger charge is 2.20. The molecule has 21 heavy (non-hydrogen) atoms. The van der Waals surface area contributed by atoms with Crippen molar-refractivity contribution in [2.45, 2.75) is 26.7 Å². The Hall–Kier alpha value is -1.62. The lowest BCUT2D eigenvalue weighted by Gasteiger charge is -2.29. The van der Waals surface area contributed by atoms with E-state index in [2.05, 4.69) is 0 Å². The van der Waals surface area contributed by atoms with Gasteiger partial charge >= 0.3 is 0 Å². The molecule has 0 aliphatic heterocycles. The minimum absolute atomic E-state index is 0.0350. The van der Waals surface area contributed by atoms with Crippen LogP contribution in [0.25, 0.3) is 0 Å². The number of halogens is 1. The van der Waals surface area contributed by atoms with Gasteiger partial charge in [-0.3, -0.25) is 4.79 Å². The second-order valence-electron chi connectivity index (χ2n) is 6.09. The molecule has 0 aliphatic carbocycles. The maximum absolute atomic E-state index is 13.6. The van der Waals surface area contributed by atoms with Gasteiger partial charge in [-0.05, 0) is 36.1 Å². The number of rotatable bonds is 7. The lowest BCUT2D eigenvalue weighted by Crippen LogP contribution is -2.39. The van der Waals surface area contributed by atoms with Gasteiger partial charge in [-0.15, -0.1) is 0 Å². The molecule has 0 saturated carbocycles. The Balaban J connectivity index is 2.55. The van der Waals surface area contributed by atoms with E-state index in [-0.39, 0.29) is 17.1 Å². The van der Waals surface area contributed by atoms with Gasteiger partial charge in [0.25, 0.3) is 0 Å². The molecule has 5 heteroatoms. The maximum atomic E-state index is 13.6. The first kappa shape index (κ1) is 17.4. The molecule has 1 rings (SSSR count). The molecular weight excluding hydrogens is 271 g/mol. The third-order valence-electron chi connectivity index (χ3n) is 3.49. The van der Waals surface area contributed by atoms with E-state index >= 15 is 0 Å². The highest BCUT2D eigenvalue weighted by atomic mass is 19.1. The van der Waals surface area contributed by atoms with Crippen LogP contribution in [0, 0.1) is 11.2 Å². The van der Waals surface area contributed by atoms with E-state index in [1.165, 1.54) is 13.2 Å². The summed E-state index contributed by atoms with van der Waals surface area (Å²) in [6.07, 6.45) is 0.857. The van der Waals surface area contributed by atoms with E-state index in [1.807, 2.05) is 13.8 Å². The molecule has 0 atom stereocenters. The number of carbonyl (C=O) groups excluding carboxylic acids is 1. The summed E-state index contributed by atoms with van der Waals surface area (Å²) in [5, 5.41) is 0. The van der Waals surface area contributed by atoms with Crippen LogP contribution in [0.2, 0.25) is 0 Å². The van der Waals surface area contributed by atoms with Crippen LogP contribution in [-0.2, 0) is 11.2 Å². The Kier molecular flexibility index (Phi) is 6.15. The van der Waals surface area contributed by atoms with Gasteiger partial charge in [0.1, 0.15) is 0 Å². The number of aryl methyl sites for hydroxylation is 1. The minimum atomic E-state index is -0.403. The summed E-state index contributed by atoms with van der Waals surface area (Å²) in [5.74, 6) is -0.153. The topological polar surface area (TPSA) is 55.6 Å². The molecule has 0 radical (unpaired) electrons. The van der Waals surface area contributed by atoms with Gasteiger partial charge in [-0.25, -0.2) is 4.39 Å². The van der Waals surface area contributed by atoms with Gasteiger partial charge in [-0.1, -0.05) is 19.9 Å². The molecule has 0 aromatic heterocycles. The Labute approximate surface area is 126 Å². The molecule has 1 aromatic carbocycles. The van der Waals surface area contributed by atoms with E-state index in [4.69, 9.17) is 10.5 Å². The number of hydrogen-bond donors (Lipinski definition) is 1. The van der Waals surface area contributed by atoms with Crippen LogP contribution in [0.1, 0.15) is 25.8 Å². The molecule has 0 spiro atoms. The van der Waals surface area contributed by atoms with Crippen molar-refractivity contribution in [3.05, 3.63) is 29.6 Å². The van der Waals surface area contributed by atoms with Crippen molar-refractivity contribution >= 4 is 5.91 Å². The van der Waals surface area contributed by atoms with Crippen molar-refractivity contribution in [2.24, 2.45) is 11.1 Å². The lowest BCUT2D eigenvalue weighted by molar-refractivity contribution is -0.131. The number of ether oxygens (including phenoxy) is 1. The summed E-state index contributed by atoms with van der Waals surface area (Å²) in [4.78, 5) is 13.8. The third kappa shape index (κ3) is 5.34. The van der Waals surface area contributed by atoms with Gasteiger partial charge in [-0.2, -0.15) is 0 Å². The molecule has 1 amide bonds. The van der Waals surface area contributed by atoms with Crippen LogP contribution in [0.3, 0.4) is 0 Å². The quantitative estimate of drug-likeness (QED) is 0.839. The maximum Gasteiger partial charge on any atom is 0.222 e. The van der Waals surface area contributed by atoms with Crippen molar-refractivity contribution in [3.8, 4) is 5.75 Å². The number of methoxy groups -OCH3 is 1. The monoisotopic (exact) mass is 296 g/mol. The lowest BCUT2D eigenvalue weighted by atomic mass is 9.93. The van der Waals surface area contributed by atoms with Crippen LogP contribution in [0.5, 0.6) is 5.75 Å². The predicted octanol–water partition coefficient (Wildman–Crippen LogP) is 2.21. The molecular formula is C16H25FN2O2. The SMILES string of the molecule is COc1ccc(CCC(=O)N(C)CC(C)(C)CN)cc1F. The largest absolute Gasteiger partial charge is 0.494 e. The number of nitrogens with zero attached hydrogens (tertiary/aromatic N) is 1. The Morgan fingerprint density at radius 2 is 2.10 bits per heavy atom. The zero-order chi connectivity index (χ0) is 16.0. The Morgan fingerprint density at radius 1 is 1.43 bits per heavy atom. The van der Waals surface area contributed by atoms with E-state index < -0.39 is 5.82 Å². The average Bonchev–Trinajstić information content (AvgIpc) is 2.44. The van der Waals surface area contributed by atoms with Crippen LogP contribution in [0.4, 0.5) is 4.39 Å². The molecule has 0 fully saturated rings. The summed E-state index contributed by atoms with van der Waals surface area (Å²) in [6, 6.07) is 4.77. The number of benzene rings is 1. The molecule has 0 unspecified atom stereocenters. The number of hydrogen-bond acceptors (Lipinski definition) is 3. The standard InChI is InChI=1S/C16H25FN2O2/c1-16(2,10-18)11-19(3)15(20)8-6-12-5-7-14(21-4)13(17)9-12/h5,7,9H,6,8,10-11,18H2,1-4H3. The Morgan fingerprint density at radius 3 is 2.62 bits per heavy atom. The Bertz CT molecular complexity index is 489. The van der Waals surface area contributed by atoms with Crippen LogP contribution in [0.15, 0.2) is 18.2 Å². The molecule has 0 saturated heterocycles. The van der Waals surface area contributed by atoms with Crippen LogP contribution < -0.4 is 10.5 Å². The van der Waals surface area contributed by atoms with Gasteiger partial charge in [0.2, 0.25) is 5.91 Å². The molecule has 1 aromatic rings. The number of nitrogens with two attached hydrogens (primary N) is 1. The summed E-state index contributed by atoms with van der Waals surface area (Å²) >= 11 is 0. The molecule has 118 valence electrons. The fraction of sp³-hybridized carbons (Fsp3) is 0.562. The summed E-state index contributed by atoms with van der Waals surface area (Å²) in [6.45, 7) is 5.18. The fourth-order valence-corrected chi connectivity index (χ4v) is 2.10. The van der Waals surface area contributed by atoms with Crippen LogP contribution >= 0.6 is 0 Å². The second kappa shape index (κ2) is 7.41. The highest BCUT2D eigenvalue weighted by molar-refractivity contribution is 5.76. The van der Waals surface area contributed by atoms with E-state index in [0.717, 1.165) is 5.56 Å². The van der Waals surface area contributed by atoms with E-state index in [9.17, 15) is 9.18 Å². The normalized spacial score (nSPS) is 11.3. The third-order valence-corrected chi connectivity index (χ3v) is 3.49. The molecule has 4 nitrogen and oxygen atoms in total. The van der Waals surface area contributed by atoms with Gasteiger partial charge in [0, 0.05) is 20.0 Å². The van der Waals surface area contributed by atoms with Crippen molar-refractivity contribution in [3.63, 3.8) is 0 Å². The first-order valence-corrected chi connectivity index (χ1v) is 7.05. The van der Waals surface area contributed by atoms with Crippen molar-refractivity contribution in [1.82, 2.24) is 4.90 Å². The summed E-state index contributed by atoms with van der Waals surface area (Å²) in [7, 11) is 3.20. The van der Waals surface area contributed by atoms with Gasteiger partial charge < -0.3 is 15.4 Å².